The summed E-state index contributed by atoms with van der Waals surface area (Å²) in [5.74, 6) is 0. The van der Waals surface area contributed by atoms with Crippen LogP contribution in [0.15, 0.2) is 24.3 Å². The van der Waals surface area contributed by atoms with E-state index in [9.17, 15) is 5.11 Å². The Bertz CT molecular complexity index is 357. The molecule has 0 aromatic heterocycles. The van der Waals surface area contributed by atoms with Crippen molar-refractivity contribution >= 4 is 5.69 Å². The predicted octanol–water partition coefficient (Wildman–Crippen LogP) is 2.01. The van der Waals surface area contributed by atoms with Crippen molar-refractivity contribution in [1.82, 2.24) is 5.32 Å². The second kappa shape index (κ2) is 5.07. The van der Waals surface area contributed by atoms with Crippen molar-refractivity contribution in [2.75, 3.05) is 12.3 Å². The molecular weight excluding hydrogens is 212 g/mol. The molecule has 1 atom stereocenters. The molecule has 3 nitrogen and oxygen atoms in total. The summed E-state index contributed by atoms with van der Waals surface area (Å²) in [4.78, 5) is 0. The Hall–Kier alpha value is -1.06. The van der Waals surface area contributed by atoms with Gasteiger partial charge in [0.25, 0.3) is 0 Å². The first kappa shape index (κ1) is 12.4. The lowest BCUT2D eigenvalue weighted by Gasteiger charge is -2.46. The lowest BCUT2D eigenvalue weighted by Crippen LogP contribution is -2.52. The van der Waals surface area contributed by atoms with Crippen LogP contribution in [0, 0.1) is 0 Å². The summed E-state index contributed by atoms with van der Waals surface area (Å²) in [5.41, 5.74) is 7.59. The Morgan fingerprint density at radius 2 is 2.00 bits per heavy atom. The van der Waals surface area contributed by atoms with E-state index >= 15 is 0 Å². The van der Waals surface area contributed by atoms with Gasteiger partial charge < -0.3 is 10.8 Å². The summed E-state index contributed by atoms with van der Waals surface area (Å²) in [5, 5.41) is 13.5. The van der Waals surface area contributed by atoms with Crippen LogP contribution in [-0.2, 0) is 5.41 Å². The van der Waals surface area contributed by atoms with Crippen LogP contribution in [0.5, 0.6) is 0 Å². The molecule has 1 unspecified atom stereocenters. The summed E-state index contributed by atoms with van der Waals surface area (Å²) >= 11 is 0. The highest BCUT2D eigenvalue weighted by molar-refractivity contribution is 5.42. The lowest BCUT2D eigenvalue weighted by molar-refractivity contribution is 0.00386. The van der Waals surface area contributed by atoms with E-state index in [1.165, 1.54) is 12.0 Å². The fraction of sp³-hybridized carbons (Fsp3) is 0.571. The molecule has 3 heteroatoms. The highest BCUT2D eigenvalue weighted by Crippen LogP contribution is 2.45. The Balaban J connectivity index is 2.16. The van der Waals surface area contributed by atoms with Gasteiger partial charge in [-0.25, -0.2) is 0 Å². The molecule has 0 radical (unpaired) electrons. The van der Waals surface area contributed by atoms with Gasteiger partial charge in [-0.15, -0.1) is 0 Å². The number of aliphatic hydroxyl groups excluding tert-OH is 1. The third-order valence-corrected chi connectivity index (χ3v) is 3.84. The van der Waals surface area contributed by atoms with Gasteiger partial charge in [-0.1, -0.05) is 25.5 Å². The first-order chi connectivity index (χ1) is 8.19. The van der Waals surface area contributed by atoms with Crippen molar-refractivity contribution in [2.45, 2.75) is 44.2 Å². The lowest BCUT2D eigenvalue weighted by atomic mass is 9.63. The van der Waals surface area contributed by atoms with Crippen LogP contribution >= 0.6 is 0 Å². The minimum atomic E-state index is -0.445. The summed E-state index contributed by atoms with van der Waals surface area (Å²) in [6.07, 6.45) is 3.88. The molecule has 1 fully saturated rings. The molecule has 0 aliphatic heterocycles. The zero-order valence-electron chi connectivity index (χ0n) is 10.4. The van der Waals surface area contributed by atoms with E-state index in [-0.39, 0.29) is 5.41 Å². The number of anilines is 1. The first-order valence-electron chi connectivity index (χ1n) is 6.46. The molecule has 0 spiro atoms. The first-order valence-corrected chi connectivity index (χ1v) is 6.46. The van der Waals surface area contributed by atoms with Gasteiger partial charge in [0.15, 0.2) is 0 Å². The largest absolute Gasteiger partial charge is 0.399 e. The molecule has 4 N–H and O–H groups in total. The number of nitrogen functional groups attached to an aromatic ring is 1. The van der Waals surface area contributed by atoms with E-state index in [4.69, 9.17) is 5.73 Å². The van der Waals surface area contributed by atoms with Gasteiger partial charge in [-0.05, 0) is 43.5 Å². The summed E-state index contributed by atoms with van der Waals surface area (Å²) in [6.45, 7) is 2.97. The van der Waals surface area contributed by atoms with Crippen molar-refractivity contribution in [3.63, 3.8) is 0 Å². The maximum absolute atomic E-state index is 10.3. The fourth-order valence-corrected chi connectivity index (χ4v) is 2.57. The van der Waals surface area contributed by atoms with Crippen molar-refractivity contribution in [3.05, 3.63) is 29.8 Å². The minimum Gasteiger partial charge on any atom is -0.399 e. The van der Waals surface area contributed by atoms with Crippen molar-refractivity contribution in [3.8, 4) is 0 Å². The maximum atomic E-state index is 10.3. The molecular formula is C14H22N2O. The molecule has 1 aromatic carbocycles. The smallest absolute Gasteiger partial charge is 0.114 e. The van der Waals surface area contributed by atoms with Crippen LogP contribution in [-0.4, -0.2) is 17.9 Å². The molecule has 94 valence electrons. The summed E-state index contributed by atoms with van der Waals surface area (Å²) < 4.78 is 0. The minimum absolute atomic E-state index is 0.0944. The van der Waals surface area contributed by atoms with Gasteiger partial charge in [-0.2, -0.15) is 0 Å². The third-order valence-electron chi connectivity index (χ3n) is 3.84. The maximum Gasteiger partial charge on any atom is 0.114 e. The Morgan fingerprint density at radius 1 is 1.35 bits per heavy atom. The normalized spacial score (nSPS) is 19.6. The molecule has 0 amide bonds. The number of nitrogens with one attached hydrogen (secondary N) is 1. The molecule has 1 aliphatic carbocycles. The van der Waals surface area contributed by atoms with E-state index < -0.39 is 6.23 Å². The molecule has 0 saturated heterocycles. The van der Waals surface area contributed by atoms with Gasteiger partial charge >= 0.3 is 0 Å². The van der Waals surface area contributed by atoms with Gasteiger partial charge in [0.1, 0.15) is 6.23 Å². The van der Waals surface area contributed by atoms with Crippen molar-refractivity contribution in [2.24, 2.45) is 0 Å². The Kier molecular flexibility index (Phi) is 3.69. The highest BCUT2D eigenvalue weighted by atomic mass is 16.3. The van der Waals surface area contributed by atoms with Crippen molar-refractivity contribution < 1.29 is 5.11 Å². The van der Waals surface area contributed by atoms with E-state index in [1.54, 1.807) is 0 Å². The topological polar surface area (TPSA) is 58.3 Å². The zero-order valence-corrected chi connectivity index (χ0v) is 10.4. The predicted molar refractivity (Wildman–Crippen MR) is 70.7 cm³/mol. The highest BCUT2D eigenvalue weighted by Gasteiger charge is 2.44. The van der Waals surface area contributed by atoms with Crippen LogP contribution in [0.4, 0.5) is 5.69 Å². The molecule has 0 bridgehead atoms. The number of nitrogens with two attached hydrogens (primary N) is 1. The summed E-state index contributed by atoms with van der Waals surface area (Å²) in [7, 11) is 0. The van der Waals surface area contributed by atoms with Crippen LogP contribution in [0.3, 0.4) is 0 Å². The number of benzene rings is 1. The number of hydrogen-bond acceptors (Lipinski definition) is 3. The Labute approximate surface area is 103 Å². The van der Waals surface area contributed by atoms with E-state index in [1.807, 2.05) is 24.3 Å². The van der Waals surface area contributed by atoms with Crippen LogP contribution in [0.1, 0.15) is 38.2 Å². The zero-order chi connectivity index (χ0) is 12.3. The molecule has 17 heavy (non-hydrogen) atoms. The number of aliphatic hydroxyl groups is 1. The van der Waals surface area contributed by atoms with Gasteiger partial charge in [-0.3, -0.25) is 5.32 Å². The van der Waals surface area contributed by atoms with Crippen LogP contribution in [0.2, 0.25) is 0 Å². The second-order valence-corrected chi connectivity index (χ2v) is 4.99. The van der Waals surface area contributed by atoms with Gasteiger partial charge in [0.2, 0.25) is 0 Å². The van der Waals surface area contributed by atoms with E-state index in [0.717, 1.165) is 31.5 Å². The molecule has 1 saturated carbocycles. The molecule has 2 rings (SSSR count). The Morgan fingerprint density at radius 3 is 2.47 bits per heavy atom. The third kappa shape index (κ3) is 2.31. The number of rotatable bonds is 5. The van der Waals surface area contributed by atoms with Crippen LogP contribution in [0.25, 0.3) is 0 Å². The fourth-order valence-electron chi connectivity index (χ4n) is 2.57. The number of hydrogen-bond donors (Lipinski definition) is 3. The van der Waals surface area contributed by atoms with E-state index in [0.29, 0.717) is 0 Å². The molecule has 0 heterocycles. The van der Waals surface area contributed by atoms with Gasteiger partial charge in [0.05, 0.1) is 0 Å². The molecule has 1 aliphatic rings. The van der Waals surface area contributed by atoms with E-state index in [2.05, 4.69) is 12.2 Å². The molecule has 1 aromatic rings. The van der Waals surface area contributed by atoms with Crippen LogP contribution < -0.4 is 11.1 Å². The average Bonchev–Trinajstić information content (AvgIpc) is 2.27. The van der Waals surface area contributed by atoms with Gasteiger partial charge in [0, 0.05) is 11.1 Å². The quantitative estimate of drug-likeness (QED) is 0.539. The standard InChI is InChI=1S/C14H22N2O/c1-2-10-16-13(17)14(8-3-9-14)11-4-6-12(15)7-5-11/h4-7,13,16-17H,2-3,8-10,15H2,1H3. The second-order valence-electron chi connectivity index (χ2n) is 4.99. The average molecular weight is 234 g/mol. The monoisotopic (exact) mass is 234 g/mol. The SMILES string of the molecule is CCCNC(O)C1(c2ccc(N)cc2)CCC1. The summed E-state index contributed by atoms with van der Waals surface area (Å²) in [6, 6.07) is 7.93. The van der Waals surface area contributed by atoms with Crippen molar-refractivity contribution in [1.29, 1.82) is 0 Å².